The summed E-state index contributed by atoms with van der Waals surface area (Å²) in [5.74, 6) is 0.110. The number of rotatable bonds is 2. The molecule has 5 heteroatoms. The summed E-state index contributed by atoms with van der Waals surface area (Å²) in [5.41, 5.74) is 0.626. The molecule has 1 amide bonds. The molecule has 5 nitrogen and oxygen atoms in total. The molecule has 14 heavy (non-hydrogen) atoms. The van der Waals surface area contributed by atoms with Crippen LogP contribution in [0.5, 0.6) is 0 Å². The number of anilines is 1. The van der Waals surface area contributed by atoms with Crippen molar-refractivity contribution in [3.8, 4) is 0 Å². The number of nitrogens with zero attached hydrogens (tertiary/aromatic N) is 1. The fourth-order valence-electron chi connectivity index (χ4n) is 1.59. The molecule has 0 radical (unpaired) electrons. The lowest BCUT2D eigenvalue weighted by Gasteiger charge is -2.21. The van der Waals surface area contributed by atoms with Crippen LogP contribution in [-0.2, 0) is 4.79 Å². The average Bonchev–Trinajstić information content (AvgIpc) is 2.72. The SMILES string of the molecule is O=C(Nc1cnoc1)C1CCCNC1. The van der Waals surface area contributed by atoms with Gasteiger partial charge in [0.25, 0.3) is 0 Å². The van der Waals surface area contributed by atoms with E-state index in [-0.39, 0.29) is 11.8 Å². The summed E-state index contributed by atoms with van der Waals surface area (Å²) in [7, 11) is 0. The lowest BCUT2D eigenvalue weighted by atomic mass is 9.99. The van der Waals surface area contributed by atoms with Gasteiger partial charge in [0, 0.05) is 6.54 Å². The number of piperidine rings is 1. The van der Waals surface area contributed by atoms with Crippen molar-refractivity contribution in [1.29, 1.82) is 0 Å². The van der Waals surface area contributed by atoms with Crippen LogP contribution < -0.4 is 10.6 Å². The van der Waals surface area contributed by atoms with Gasteiger partial charge >= 0.3 is 0 Å². The summed E-state index contributed by atoms with van der Waals surface area (Å²) in [4.78, 5) is 11.6. The lowest BCUT2D eigenvalue weighted by Crippen LogP contribution is -2.37. The predicted molar refractivity (Wildman–Crippen MR) is 50.7 cm³/mol. The molecule has 2 N–H and O–H groups in total. The number of carbonyl (C=O) groups excluding carboxylic acids is 1. The van der Waals surface area contributed by atoms with Crippen molar-refractivity contribution >= 4 is 11.6 Å². The van der Waals surface area contributed by atoms with Gasteiger partial charge in [-0.15, -0.1) is 0 Å². The van der Waals surface area contributed by atoms with E-state index in [9.17, 15) is 4.79 Å². The Labute approximate surface area is 81.8 Å². The number of hydrogen-bond acceptors (Lipinski definition) is 4. The largest absolute Gasteiger partial charge is 0.363 e. The van der Waals surface area contributed by atoms with Crippen LogP contribution in [0.3, 0.4) is 0 Å². The number of aromatic nitrogens is 1. The smallest absolute Gasteiger partial charge is 0.228 e. The molecule has 0 aliphatic carbocycles. The molecule has 1 atom stereocenters. The molecule has 0 aromatic carbocycles. The van der Waals surface area contributed by atoms with Gasteiger partial charge in [-0.1, -0.05) is 5.16 Å². The van der Waals surface area contributed by atoms with Gasteiger partial charge in [-0.25, -0.2) is 0 Å². The number of nitrogens with one attached hydrogen (secondary N) is 2. The highest BCUT2D eigenvalue weighted by Crippen LogP contribution is 2.13. The second kappa shape index (κ2) is 4.23. The molecule has 1 aromatic heterocycles. The van der Waals surface area contributed by atoms with Gasteiger partial charge in [0.15, 0.2) is 0 Å². The minimum Gasteiger partial charge on any atom is -0.363 e. The van der Waals surface area contributed by atoms with Crippen molar-refractivity contribution in [3.05, 3.63) is 12.5 Å². The Kier molecular flexibility index (Phi) is 2.78. The van der Waals surface area contributed by atoms with E-state index in [1.54, 1.807) is 0 Å². The third-order valence-corrected chi connectivity index (χ3v) is 2.37. The average molecular weight is 195 g/mol. The van der Waals surface area contributed by atoms with Gasteiger partial charge in [0.05, 0.1) is 12.1 Å². The number of hydrogen-bond donors (Lipinski definition) is 2. The summed E-state index contributed by atoms with van der Waals surface area (Å²) in [6.07, 6.45) is 4.92. The molecule has 0 spiro atoms. The van der Waals surface area contributed by atoms with Crippen molar-refractivity contribution in [2.75, 3.05) is 18.4 Å². The van der Waals surface area contributed by atoms with Gasteiger partial charge in [-0.05, 0) is 19.4 Å². The number of amides is 1. The minimum absolute atomic E-state index is 0.0420. The molecular weight excluding hydrogens is 182 g/mol. The topological polar surface area (TPSA) is 67.2 Å². The van der Waals surface area contributed by atoms with Gasteiger partial charge in [-0.3, -0.25) is 4.79 Å². The van der Waals surface area contributed by atoms with Crippen LogP contribution in [0.2, 0.25) is 0 Å². The van der Waals surface area contributed by atoms with Crippen molar-refractivity contribution < 1.29 is 9.32 Å². The molecule has 76 valence electrons. The Morgan fingerprint density at radius 1 is 1.71 bits per heavy atom. The standard InChI is InChI=1S/C9H13N3O2/c13-9(7-2-1-3-10-4-7)12-8-5-11-14-6-8/h5-7,10H,1-4H2,(H,12,13). The van der Waals surface area contributed by atoms with Crippen LogP contribution in [0.4, 0.5) is 5.69 Å². The molecule has 0 bridgehead atoms. The van der Waals surface area contributed by atoms with E-state index in [1.165, 1.54) is 12.5 Å². The van der Waals surface area contributed by atoms with Crippen LogP contribution in [0.25, 0.3) is 0 Å². The van der Waals surface area contributed by atoms with E-state index in [4.69, 9.17) is 0 Å². The van der Waals surface area contributed by atoms with Crippen LogP contribution in [0, 0.1) is 5.92 Å². The molecule has 2 heterocycles. The van der Waals surface area contributed by atoms with Crippen molar-refractivity contribution in [2.45, 2.75) is 12.8 Å². The summed E-state index contributed by atoms with van der Waals surface area (Å²) in [6, 6.07) is 0. The van der Waals surface area contributed by atoms with E-state index in [1.807, 2.05) is 0 Å². The molecule has 2 rings (SSSR count). The third-order valence-electron chi connectivity index (χ3n) is 2.37. The first-order chi connectivity index (χ1) is 6.86. The molecular formula is C9H13N3O2. The maximum absolute atomic E-state index is 11.6. The fraction of sp³-hybridized carbons (Fsp3) is 0.556. The highest BCUT2D eigenvalue weighted by atomic mass is 16.5. The van der Waals surface area contributed by atoms with E-state index in [0.29, 0.717) is 5.69 Å². The van der Waals surface area contributed by atoms with Gasteiger partial charge < -0.3 is 15.2 Å². The first kappa shape index (κ1) is 9.21. The van der Waals surface area contributed by atoms with Gasteiger partial charge in [0.1, 0.15) is 12.0 Å². The normalized spacial score (nSPS) is 21.9. The molecule has 0 saturated carbocycles. The quantitative estimate of drug-likeness (QED) is 0.725. The van der Waals surface area contributed by atoms with E-state index >= 15 is 0 Å². The monoisotopic (exact) mass is 195 g/mol. The predicted octanol–water partition coefficient (Wildman–Crippen LogP) is 0.613. The van der Waals surface area contributed by atoms with Gasteiger partial charge in [-0.2, -0.15) is 0 Å². The Morgan fingerprint density at radius 3 is 3.29 bits per heavy atom. The Morgan fingerprint density at radius 2 is 2.64 bits per heavy atom. The highest BCUT2D eigenvalue weighted by molar-refractivity contribution is 5.92. The Bertz CT molecular complexity index is 291. The second-order valence-electron chi connectivity index (χ2n) is 3.45. The molecule has 1 unspecified atom stereocenters. The zero-order chi connectivity index (χ0) is 9.80. The van der Waals surface area contributed by atoms with E-state index in [0.717, 1.165) is 25.9 Å². The Hall–Kier alpha value is -1.36. The molecule has 1 fully saturated rings. The van der Waals surface area contributed by atoms with Crippen molar-refractivity contribution in [2.24, 2.45) is 5.92 Å². The summed E-state index contributed by atoms with van der Waals surface area (Å²) in [5, 5.41) is 9.47. The van der Waals surface area contributed by atoms with Gasteiger partial charge in [0.2, 0.25) is 5.91 Å². The lowest BCUT2D eigenvalue weighted by molar-refractivity contribution is -0.120. The molecule has 1 aliphatic heterocycles. The van der Waals surface area contributed by atoms with Crippen molar-refractivity contribution in [3.63, 3.8) is 0 Å². The minimum atomic E-state index is 0.0420. The summed E-state index contributed by atoms with van der Waals surface area (Å²) >= 11 is 0. The van der Waals surface area contributed by atoms with Crippen LogP contribution >= 0.6 is 0 Å². The highest BCUT2D eigenvalue weighted by Gasteiger charge is 2.20. The Balaban J connectivity index is 1.88. The van der Waals surface area contributed by atoms with Crippen LogP contribution in [0.15, 0.2) is 17.0 Å². The maximum Gasteiger partial charge on any atom is 0.228 e. The first-order valence-corrected chi connectivity index (χ1v) is 4.77. The van der Waals surface area contributed by atoms with Crippen LogP contribution in [0.1, 0.15) is 12.8 Å². The van der Waals surface area contributed by atoms with Crippen molar-refractivity contribution in [1.82, 2.24) is 10.5 Å². The molecule has 1 saturated heterocycles. The summed E-state index contributed by atoms with van der Waals surface area (Å²) in [6.45, 7) is 1.77. The maximum atomic E-state index is 11.6. The summed E-state index contributed by atoms with van der Waals surface area (Å²) < 4.78 is 4.62. The van der Waals surface area contributed by atoms with E-state index < -0.39 is 0 Å². The zero-order valence-corrected chi connectivity index (χ0v) is 7.82. The number of carbonyl (C=O) groups is 1. The fourth-order valence-corrected chi connectivity index (χ4v) is 1.59. The second-order valence-corrected chi connectivity index (χ2v) is 3.45. The molecule has 1 aromatic rings. The molecule has 1 aliphatic rings. The zero-order valence-electron chi connectivity index (χ0n) is 7.82. The van der Waals surface area contributed by atoms with Crippen LogP contribution in [-0.4, -0.2) is 24.2 Å². The third kappa shape index (κ3) is 2.11. The van der Waals surface area contributed by atoms with E-state index in [2.05, 4.69) is 20.3 Å². The first-order valence-electron chi connectivity index (χ1n) is 4.77.